The molecule has 4 nitrogen and oxygen atoms in total. The zero-order chi connectivity index (χ0) is 17.8. The summed E-state index contributed by atoms with van der Waals surface area (Å²) in [6.45, 7) is 12.1. The maximum atomic E-state index is 11.3. The molecule has 152 valence electrons. The van der Waals surface area contributed by atoms with Crippen LogP contribution in [0.5, 0.6) is 0 Å². The van der Waals surface area contributed by atoms with Crippen LogP contribution in [0.25, 0.3) is 0 Å². The number of Topliss-reactive ketones (excluding diaryl/α,β-unsaturated/α-hetero) is 1. The van der Waals surface area contributed by atoms with E-state index < -0.39 is 10.1 Å². The smallest absolute Gasteiger partial charge is 0.270 e. The predicted octanol–water partition coefficient (Wildman–Crippen LogP) is 5.60. The van der Waals surface area contributed by atoms with Gasteiger partial charge in [0.2, 0.25) is 0 Å². The summed E-state index contributed by atoms with van der Waals surface area (Å²) in [7, 11) is -3.13. The molecule has 0 aromatic rings. The van der Waals surface area contributed by atoms with Gasteiger partial charge >= 0.3 is 0 Å². The molecular weight excluding hydrogens is 336 g/mol. The minimum atomic E-state index is -3.13. The van der Waals surface area contributed by atoms with Crippen LogP contribution in [0, 0.1) is 17.3 Å². The third-order valence-corrected chi connectivity index (χ3v) is 7.24. The summed E-state index contributed by atoms with van der Waals surface area (Å²) in [4.78, 5) is 11.3. The van der Waals surface area contributed by atoms with E-state index >= 15 is 0 Å². The second-order valence-corrected chi connectivity index (χ2v) is 9.10. The topological polar surface area (TPSA) is 60.4 Å². The van der Waals surface area contributed by atoms with Crippen LogP contribution in [0.3, 0.4) is 0 Å². The molecule has 2 saturated carbocycles. The Balaban J connectivity index is 0. The Morgan fingerprint density at radius 2 is 1.64 bits per heavy atom. The van der Waals surface area contributed by atoms with Gasteiger partial charge in [-0.05, 0) is 38.0 Å². The number of rotatable bonds is 4. The van der Waals surface area contributed by atoms with E-state index in [0.717, 1.165) is 38.5 Å². The molecule has 0 amide bonds. The lowest BCUT2D eigenvalue weighted by Gasteiger charge is -2.19. The summed E-state index contributed by atoms with van der Waals surface area (Å²) in [6, 6.07) is 0. The van der Waals surface area contributed by atoms with E-state index in [1.54, 1.807) is 0 Å². The van der Waals surface area contributed by atoms with Crippen LogP contribution in [0.4, 0.5) is 0 Å². The van der Waals surface area contributed by atoms with Gasteiger partial charge in [-0.3, -0.25) is 8.98 Å². The van der Waals surface area contributed by atoms with Crippen molar-refractivity contribution in [1.29, 1.82) is 0 Å². The number of hydrogen-bond donors (Lipinski definition) is 0. The Morgan fingerprint density at radius 3 is 2.00 bits per heavy atom. The molecule has 5 heteroatoms. The fourth-order valence-corrected chi connectivity index (χ4v) is 5.60. The molecule has 1 saturated heterocycles. The molecule has 1 aliphatic heterocycles. The SMILES string of the molecule is C.C.CC.CCCC(=O)C(C)(C)CC.O=S1(=O)OC2CC3CC2C1C3. The van der Waals surface area contributed by atoms with Crippen molar-refractivity contribution in [2.24, 2.45) is 17.3 Å². The van der Waals surface area contributed by atoms with Gasteiger partial charge in [-0.1, -0.05) is 56.4 Å². The van der Waals surface area contributed by atoms with Crippen LogP contribution in [0.15, 0.2) is 0 Å². The molecule has 1 heterocycles. The molecule has 2 aliphatic carbocycles. The second kappa shape index (κ2) is 10.7. The van der Waals surface area contributed by atoms with Crippen molar-refractivity contribution in [3.8, 4) is 0 Å². The van der Waals surface area contributed by atoms with Crippen LogP contribution in [-0.2, 0) is 19.1 Å². The van der Waals surface area contributed by atoms with E-state index in [0.29, 0.717) is 17.6 Å². The molecule has 3 aliphatic rings. The van der Waals surface area contributed by atoms with Crippen LogP contribution in [0.2, 0.25) is 0 Å². The van der Waals surface area contributed by atoms with Gasteiger partial charge in [-0.2, -0.15) is 8.42 Å². The maximum Gasteiger partial charge on any atom is 0.270 e. The summed E-state index contributed by atoms with van der Waals surface area (Å²) in [5, 5.41) is -0.133. The average molecular weight is 379 g/mol. The Bertz CT molecular complexity index is 494. The highest BCUT2D eigenvalue weighted by atomic mass is 32.2. The van der Waals surface area contributed by atoms with E-state index in [2.05, 4.69) is 6.92 Å². The Labute approximate surface area is 157 Å². The molecule has 0 N–H and O–H groups in total. The maximum absolute atomic E-state index is 11.3. The van der Waals surface area contributed by atoms with Crippen molar-refractivity contribution in [2.75, 3.05) is 0 Å². The summed E-state index contributed by atoms with van der Waals surface area (Å²) < 4.78 is 27.5. The first-order chi connectivity index (χ1) is 10.7. The average Bonchev–Trinajstić information content (AvgIpc) is 3.12. The van der Waals surface area contributed by atoms with Crippen molar-refractivity contribution in [3.63, 3.8) is 0 Å². The quantitative estimate of drug-likeness (QED) is 0.597. The minimum absolute atomic E-state index is 0. The molecule has 0 spiro atoms. The lowest BCUT2D eigenvalue weighted by atomic mass is 9.83. The van der Waals surface area contributed by atoms with Gasteiger partial charge < -0.3 is 0 Å². The Hall–Kier alpha value is -0.420. The zero-order valence-corrected chi connectivity index (χ0v) is 16.4. The van der Waals surface area contributed by atoms with E-state index in [1.807, 2.05) is 34.6 Å². The molecule has 0 radical (unpaired) electrons. The second-order valence-electron chi connectivity index (χ2n) is 7.31. The summed E-state index contributed by atoms with van der Waals surface area (Å²) in [5.41, 5.74) is -0.0873. The Kier molecular flexibility index (Phi) is 11.4. The van der Waals surface area contributed by atoms with Gasteiger partial charge in [0.1, 0.15) is 5.78 Å². The Morgan fingerprint density at radius 1 is 1.08 bits per heavy atom. The molecule has 0 aromatic heterocycles. The summed E-state index contributed by atoms with van der Waals surface area (Å²) in [5.74, 6) is 1.40. The molecule has 3 fully saturated rings. The van der Waals surface area contributed by atoms with Gasteiger partial charge in [0, 0.05) is 17.8 Å². The number of carbonyl (C=O) groups excluding carboxylic acids is 1. The minimum Gasteiger partial charge on any atom is -0.299 e. The van der Waals surface area contributed by atoms with Crippen molar-refractivity contribution in [1.82, 2.24) is 0 Å². The molecule has 2 bridgehead atoms. The highest BCUT2D eigenvalue weighted by molar-refractivity contribution is 7.87. The predicted molar refractivity (Wildman–Crippen MR) is 107 cm³/mol. The standard InChI is InChI=1S/C9H18O.C7H10O3S.C2H6.2CH4/c1-5-7-8(10)9(3,4)6-2;8-11(9)7-3-4-1-5(7)6(2-4)10-11;1-2;;/h5-7H2,1-4H3;4-7H,1-3H2;1-2H3;2*1H4. The molecule has 0 aromatic carbocycles. The van der Waals surface area contributed by atoms with E-state index in [4.69, 9.17) is 4.18 Å². The highest BCUT2D eigenvalue weighted by Gasteiger charge is 2.59. The monoisotopic (exact) mass is 378 g/mol. The van der Waals surface area contributed by atoms with Gasteiger partial charge in [-0.15, -0.1) is 0 Å². The first-order valence-corrected chi connectivity index (χ1v) is 10.6. The van der Waals surface area contributed by atoms with Crippen molar-refractivity contribution in [2.45, 2.75) is 106 Å². The highest BCUT2D eigenvalue weighted by Crippen LogP contribution is 2.54. The van der Waals surface area contributed by atoms with Gasteiger partial charge in [0.05, 0.1) is 11.4 Å². The van der Waals surface area contributed by atoms with E-state index in [9.17, 15) is 13.2 Å². The lowest BCUT2D eigenvalue weighted by molar-refractivity contribution is -0.127. The van der Waals surface area contributed by atoms with Gasteiger partial charge in [0.15, 0.2) is 0 Å². The van der Waals surface area contributed by atoms with Crippen LogP contribution in [-0.4, -0.2) is 25.6 Å². The molecular formula is C20H42O4S. The summed E-state index contributed by atoms with van der Waals surface area (Å²) in [6.07, 6.45) is 5.66. The molecule has 4 unspecified atom stereocenters. The first-order valence-electron chi connectivity index (χ1n) is 9.16. The number of ketones is 1. The molecule has 3 rings (SSSR count). The van der Waals surface area contributed by atoms with Crippen LogP contribution in [0.1, 0.15) is 94.9 Å². The number of hydrogen-bond acceptors (Lipinski definition) is 4. The fourth-order valence-electron chi connectivity index (χ4n) is 3.67. The van der Waals surface area contributed by atoms with Crippen LogP contribution >= 0.6 is 0 Å². The third-order valence-electron chi connectivity index (χ3n) is 5.44. The summed E-state index contributed by atoms with van der Waals surface area (Å²) >= 11 is 0. The van der Waals surface area contributed by atoms with Crippen molar-refractivity contribution >= 4 is 15.9 Å². The van der Waals surface area contributed by atoms with Gasteiger partial charge in [-0.25, -0.2) is 0 Å². The lowest BCUT2D eigenvalue weighted by Crippen LogP contribution is -2.22. The van der Waals surface area contributed by atoms with Gasteiger partial charge in [0.25, 0.3) is 10.1 Å². The van der Waals surface area contributed by atoms with E-state index in [1.165, 1.54) is 0 Å². The van der Waals surface area contributed by atoms with Crippen LogP contribution < -0.4 is 0 Å². The molecule has 4 atom stereocenters. The van der Waals surface area contributed by atoms with Crippen molar-refractivity contribution in [3.05, 3.63) is 0 Å². The fraction of sp³-hybridized carbons (Fsp3) is 0.950. The van der Waals surface area contributed by atoms with Crippen molar-refractivity contribution < 1.29 is 17.4 Å². The zero-order valence-electron chi connectivity index (χ0n) is 15.6. The number of carbonyl (C=O) groups is 1. The number of fused-ring (bicyclic) bond motifs is 1. The molecule has 25 heavy (non-hydrogen) atoms. The van der Waals surface area contributed by atoms with E-state index in [-0.39, 0.29) is 31.6 Å². The normalized spacial score (nSPS) is 30.0. The third kappa shape index (κ3) is 6.06. The first kappa shape index (κ1) is 26.8. The largest absolute Gasteiger partial charge is 0.299 e.